The average molecular weight is 428 g/mol. The smallest absolute Gasteiger partial charge is 0.439 e. The Hall–Kier alpha value is -2.11. The number of rotatable bonds is 11. The van der Waals surface area contributed by atoms with Crippen LogP contribution in [0.5, 0.6) is 0 Å². The molecule has 0 aliphatic rings. The maximum absolute atomic E-state index is 11.2. The zero-order valence-electron chi connectivity index (χ0n) is 18.5. The number of imidazole rings is 1. The first-order valence-electron chi connectivity index (χ1n) is 9.48. The van der Waals surface area contributed by atoms with Gasteiger partial charge in [0.25, 0.3) is 0 Å². The van der Waals surface area contributed by atoms with Crippen LogP contribution in [0.3, 0.4) is 0 Å². The number of nitrogens with zero attached hydrogens (tertiary/aromatic N) is 5. The monoisotopic (exact) mass is 427 g/mol. The first-order chi connectivity index (χ1) is 13.1. The zero-order chi connectivity index (χ0) is 22.6. The Morgan fingerprint density at radius 3 is 2.28 bits per heavy atom. The summed E-state index contributed by atoms with van der Waals surface area (Å²) in [6.45, 7) is 20.5. The molecule has 0 aromatic carbocycles. The Morgan fingerprint density at radius 2 is 1.83 bits per heavy atom. The second-order valence-corrected chi connectivity index (χ2v) is 14.0. The lowest BCUT2D eigenvalue weighted by Crippen LogP contribution is -2.52. The van der Waals surface area contributed by atoms with E-state index in [1.165, 1.54) is 4.57 Å². The highest BCUT2D eigenvalue weighted by atomic mass is 28.4. The molecule has 0 aliphatic carbocycles. The minimum Gasteiger partial charge on any atom is -0.563 e. The van der Waals surface area contributed by atoms with Crippen LogP contribution in [0.2, 0.25) is 18.1 Å². The molecule has 0 saturated carbocycles. The molecule has 1 aromatic heterocycles. The Kier molecular flexibility index (Phi) is 7.85. The van der Waals surface area contributed by atoms with E-state index >= 15 is 0 Å². The summed E-state index contributed by atoms with van der Waals surface area (Å²) in [4.78, 5) is 26.3. The molecule has 1 rings (SSSR count). The van der Waals surface area contributed by atoms with E-state index in [9.17, 15) is 20.2 Å². The molecular weight excluding hydrogens is 394 g/mol. The van der Waals surface area contributed by atoms with E-state index < -0.39 is 29.9 Å². The fraction of sp³-hybridized carbons (Fsp3) is 0.722. The van der Waals surface area contributed by atoms with Crippen LogP contribution >= 0.6 is 0 Å². The maximum atomic E-state index is 11.2. The van der Waals surface area contributed by atoms with Crippen LogP contribution in [0.25, 0.3) is 0 Å². The van der Waals surface area contributed by atoms with Crippen molar-refractivity contribution in [3.63, 3.8) is 0 Å². The molecule has 165 valence electrons. The molecule has 11 heteroatoms. The van der Waals surface area contributed by atoms with Gasteiger partial charge in [0.1, 0.15) is 0 Å². The predicted molar refractivity (Wildman–Crippen MR) is 115 cm³/mol. The summed E-state index contributed by atoms with van der Waals surface area (Å²) < 4.78 is 7.59. The molecule has 1 aromatic rings. The molecule has 0 N–H and O–H groups in total. The van der Waals surface area contributed by atoms with Gasteiger partial charge in [0.05, 0.1) is 6.54 Å². The summed E-state index contributed by atoms with van der Waals surface area (Å²) in [5.41, 5.74) is -0.356. The van der Waals surface area contributed by atoms with Crippen molar-refractivity contribution < 1.29 is 14.3 Å². The highest BCUT2D eigenvalue weighted by Gasteiger charge is 2.31. The molecule has 0 saturated heterocycles. The Labute approximate surface area is 173 Å². The lowest BCUT2D eigenvalue weighted by molar-refractivity contribution is -0.403. The fourth-order valence-electron chi connectivity index (χ4n) is 2.48. The van der Waals surface area contributed by atoms with Crippen LogP contribution in [-0.2, 0) is 11.0 Å². The van der Waals surface area contributed by atoms with E-state index in [2.05, 4.69) is 64.2 Å². The highest BCUT2D eigenvalue weighted by molar-refractivity contribution is 6.74. The van der Waals surface area contributed by atoms with E-state index in [0.717, 1.165) is 6.20 Å². The van der Waals surface area contributed by atoms with Gasteiger partial charge in [-0.2, -0.15) is 0 Å². The third kappa shape index (κ3) is 6.44. The maximum Gasteiger partial charge on any atom is 0.439 e. The quantitative estimate of drug-likeness (QED) is 0.227. The summed E-state index contributed by atoms with van der Waals surface area (Å²) in [6, 6.07) is 0. The van der Waals surface area contributed by atoms with Crippen LogP contribution < -0.4 is 0 Å². The van der Waals surface area contributed by atoms with Gasteiger partial charge in [-0.1, -0.05) is 26.8 Å². The number of aromatic nitrogens is 2. The molecule has 10 nitrogen and oxygen atoms in total. The first-order valence-corrected chi connectivity index (χ1v) is 12.4. The van der Waals surface area contributed by atoms with Crippen LogP contribution in [0.15, 0.2) is 18.9 Å². The molecule has 0 unspecified atom stereocenters. The highest BCUT2D eigenvalue weighted by Crippen LogP contribution is 2.37. The third-order valence-electron chi connectivity index (χ3n) is 5.50. The normalized spacial score (nSPS) is 13.0. The van der Waals surface area contributed by atoms with E-state index in [0.29, 0.717) is 19.7 Å². The summed E-state index contributed by atoms with van der Waals surface area (Å²) in [5, 5.41) is 22.2. The molecule has 0 radical (unpaired) electrons. The number of hydrogen-bond donors (Lipinski definition) is 0. The van der Waals surface area contributed by atoms with Crippen molar-refractivity contribution in [1.29, 1.82) is 0 Å². The van der Waals surface area contributed by atoms with Gasteiger partial charge in [0.15, 0.2) is 6.20 Å². The van der Waals surface area contributed by atoms with Crippen molar-refractivity contribution in [1.82, 2.24) is 14.5 Å². The van der Waals surface area contributed by atoms with E-state index in [1.807, 2.05) is 0 Å². The van der Waals surface area contributed by atoms with Gasteiger partial charge in [0.2, 0.25) is 0 Å². The summed E-state index contributed by atoms with van der Waals surface area (Å²) in [7, 11) is -1.94. The average Bonchev–Trinajstić information content (AvgIpc) is 3.00. The third-order valence-corrected chi connectivity index (χ3v) is 9.98. The van der Waals surface area contributed by atoms with Crippen LogP contribution in [0.4, 0.5) is 11.8 Å². The predicted octanol–water partition coefficient (Wildman–Crippen LogP) is 3.99. The molecule has 1 heterocycles. The zero-order valence-corrected chi connectivity index (χ0v) is 19.5. The van der Waals surface area contributed by atoms with Crippen LogP contribution in [0.1, 0.15) is 34.6 Å². The second kappa shape index (κ2) is 9.14. The molecule has 0 fully saturated rings. The van der Waals surface area contributed by atoms with Crippen LogP contribution in [0, 0.1) is 20.2 Å². The second-order valence-electron chi connectivity index (χ2n) is 9.20. The van der Waals surface area contributed by atoms with Gasteiger partial charge in [0, 0.05) is 25.2 Å². The van der Waals surface area contributed by atoms with E-state index in [-0.39, 0.29) is 17.1 Å². The summed E-state index contributed by atoms with van der Waals surface area (Å²) >= 11 is 0. The SMILES string of the molecule is C=CCN(CCn1cc([N+](=O)[O-])nc1[N+](=O)[O-])C(C)(C)CO[Si-](C)(C)C(C)(C)C. The first kappa shape index (κ1) is 24.9. The number of nitro groups is 2. The van der Waals surface area contributed by atoms with E-state index in [4.69, 9.17) is 4.43 Å². The van der Waals surface area contributed by atoms with Crippen molar-refractivity contribution >= 4 is 20.1 Å². The van der Waals surface area contributed by atoms with Gasteiger partial charge >= 0.3 is 11.8 Å². The van der Waals surface area contributed by atoms with Gasteiger partial charge < -0.3 is 24.7 Å². The molecule has 0 spiro atoms. The fourth-order valence-corrected chi connectivity index (χ4v) is 3.63. The van der Waals surface area contributed by atoms with Gasteiger partial charge in [-0.25, -0.2) is 4.57 Å². The minimum absolute atomic E-state index is 0.0860. The molecule has 0 amide bonds. The molecule has 0 atom stereocenters. The van der Waals surface area contributed by atoms with Crippen LogP contribution in [-0.4, -0.2) is 57.9 Å². The lowest BCUT2D eigenvalue weighted by atomic mass is 10.0. The summed E-state index contributed by atoms with van der Waals surface area (Å²) in [5.74, 6) is -1.07. The molecule has 0 aliphatic heterocycles. The topological polar surface area (TPSA) is 117 Å². The lowest BCUT2D eigenvalue weighted by Gasteiger charge is -2.51. The molecule has 29 heavy (non-hydrogen) atoms. The van der Waals surface area contributed by atoms with Crippen molar-refractivity contribution in [3.05, 3.63) is 39.1 Å². The Morgan fingerprint density at radius 1 is 1.24 bits per heavy atom. The Balaban J connectivity index is 2.97. The summed E-state index contributed by atoms with van der Waals surface area (Å²) in [6.07, 6.45) is 2.86. The van der Waals surface area contributed by atoms with Crippen molar-refractivity contribution in [3.8, 4) is 0 Å². The van der Waals surface area contributed by atoms with Crippen molar-refractivity contribution in [2.45, 2.75) is 64.8 Å². The minimum atomic E-state index is -1.94. The van der Waals surface area contributed by atoms with E-state index in [1.54, 1.807) is 6.08 Å². The van der Waals surface area contributed by atoms with Crippen molar-refractivity contribution in [2.75, 3.05) is 19.7 Å². The van der Waals surface area contributed by atoms with Gasteiger partial charge in [-0.15, -0.1) is 24.7 Å². The van der Waals surface area contributed by atoms with Gasteiger partial charge in [-0.05, 0) is 37.0 Å². The number of hydrogen-bond acceptors (Lipinski definition) is 7. The molecule has 0 bridgehead atoms. The van der Waals surface area contributed by atoms with Crippen molar-refractivity contribution in [2.24, 2.45) is 0 Å². The largest absolute Gasteiger partial charge is 0.563 e. The molecular formula is C18H33N5O5Si-. The van der Waals surface area contributed by atoms with Gasteiger partial charge in [-0.3, -0.25) is 4.90 Å². The Bertz CT molecular complexity index is 754. The standard InChI is InChI=1S/C18H33N5O5Si/c1-9-10-21(18(5,6)14-28-29(7,8)17(2,3)4)12-11-20-13-15(22(24)25)19-16(20)23(26)27/h9,13H,1,10-12,14H2,2-8H3/q-1.